The van der Waals surface area contributed by atoms with Crippen molar-refractivity contribution in [1.29, 1.82) is 0 Å². The zero-order valence-corrected chi connectivity index (χ0v) is 18.0. The highest BCUT2D eigenvalue weighted by molar-refractivity contribution is 5.93. The molecule has 1 unspecified atom stereocenters. The average molecular weight is 415 g/mol. The molecule has 0 radical (unpaired) electrons. The van der Waals surface area contributed by atoms with Crippen LogP contribution in [-0.2, 0) is 6.54 Å². The quantitative estimate of drug-likeness (QED) is 0.507. The molecule has 0 fully saturated rings. The van der Waals surface area contributed by atoms with Gasteiger partial charge in [0.15, 0.2) is 0 Å². The van der Waals surface area contributed by atoms with Crippen LogP contribution in [-0.4, -0.2) is 27.6 Å². The van der Waals surface area contributed by atoms with E-state index in [-0.39, 0.29) is 18.7 Å². The SMILES string of the molecule is Cc1ccc(-c2nn(CC(O)COc3cc(C)cc(C)c3)c(=O)c3ccccc23)cc1. The minimum atomic E-state index is -0.877. The first-order valence-electron chi connectivity index (χ1n) is 10.4. The molecule has 0 amide bonds. The lowest BCUT2D eigenvalue weighted by molar-refractivity contribution is 0.0882. The van der Waals surface area contributed by atoms with Gasteiger partial charge in [-0.1, -0.05) is 54.1 Å². The minimum Gasteiger partial charge on any atom is -0.491 e. The number of aliphatic hydroxyl groups excluding tert-OH is 1. The Kier molecular flexibility index (Phi) is 5.87. The summed E-state index contributed by atoms with van der Waals surface area (Å²) in [4.78, 5) is 13.0. The molecule has 0 bridgehead atoms. The van der Waals surface area contributed by atoms with Gasteiger partial charge in [0.25, 0.3) is 5.56 Å². The first kappa shape index (κ1) is 20.8. The van der Waals surface area contributed by atoms with E-state index >= 15 is 0 Å². The Morgan fingerprint density at radius 3 is 2.23 bits per heavy atom. The van der Waals surface area contributed by atoms with E-state index in [1.165, 1.54) is 4.68 Å². The predicted molar refractivity (Wildman–Crippen MR) is 124 cm³/mol. The number of hydrogen-bond acceptors (Lipinski definition) is 4. The molecule has 1 aromatic heterocycles. The molecule has 3 aromatic carbocycles. The van der Waals surface area contributed by atoms with Crippen molar-refractivity contribution < 1.29 is 9.84 Å². The van der Waals surface area contributed by atoms with Crippen molar-refractivity contribution in [1.82, 2.24) is 9.78 Å². The molecule has 5 nitrogen and oxygen atoms in total. The zero-order valence-electron chi connectivity index (χ0n) is 18.0. The Balaban J connectivity index is 1.63. The molecule has 4 rings (SSSR count). The van der Waals surface area contributed by atoms with Gasteiger partial charge in [0.05, 0.1) is 17.6 Å². The highest BCUT2D eigenvalue weighted by Gasteiger charge is 2.15. The number of rotatable bonds is 6. The first-order valence-corrected chi connectivity index (χ1v) is 10.4. The number of aryl methyl sites for hydroxylation is 3. The molecule has 31 heavy (non-hydrogen) atoms. The predicted octanol–water partition coefficient (Wildman–Crippen LogP) is 4.43. The Morgan fingerprint density at radius 2 is 1.55 bits per heavy atom. The lowest BCUT2D eigenvalue weighted by atomic mass is 10.0. The van der Waals surface area contributed by atoms with Crippen molar-refractivity contribution in [3.8, 4) is 17.0 Å². The van der Waals surface area contributed by atoms with Crippen LogP contribution in [0.3, 0.4) is 0 Å². The summed E-state index contributed by atoms with van der Waals surface area (Å²) in [6.07, 6.45) is -0.877. The number of nitrogens with zero attached hydrogens (tertiary/aromatic N) is 2. The average Bonchev–Trinajstić information content (AvgIpc) is 2.74. The molecule has 1 heterocycles. The van der Waals surface area contributed by atoms with E-state index in [2.05, 4.69) is 11.2 Å². The van der Waals surface area contributed by atoms with Crippen molar-refractivity contribution in [2.75, 3.05) is 6.61 Å². The molecule has 0 aliphatic heterocycles. The van der Waals surface area contributed by atoms with Gasteiger partial charge in [0, 0.05) is 10.9 Å². The van der Waals surface area contributed by atoms with Crippen molar-refractivity contribution in [3.05, 3.63) is 93.8 Å². The highest BCUT2D eigenvalue weighted by atomic mass is 16.5. The third-order valence-corrected chi connectivity index (χ3v) is 5.21. The Labute approximate surface area is 181 Å². The number of hydrogen-bond donors (Lipinski definition) is 1. The second-order valence-electron chi connectivity index (χ2n) is 8.04. The Bertz CT molecular complexity index is 1260. The third kappa shape index (κ3) is 4.67. The van der Waals surface area contributed by atoms with Crippen LogP contribution in [0.2, 0.25) is 0 Å². The maximum Gasteiger partial charge on any atom is 0.274 e. The summed E-state index contributed by atoms with van der Waals surface area (Å²) in [6.45, 7) is 6.16. The van der Waals surface area contributed by atoms with Gasteiger partial charge in [-0.05, 0) is 50.1 Å². The van der Waals surface area contributed by atoms with Crippen LogP contribution in [0, 0.1) is 20.8 Å². The van der Waals surface area contributed by atoms with Crippen LogP contribution in [0.4, 0.5) is 0 Å². The first-order chi connectivity index (χ1) is 14.9. The van der Waals surface area contributed by atoms with Crippen LogP contribution in [0.5, 0.6) is 5.75 Å². The molecule has 4 aromatic rings. The van der Waals surface area contributed by atoms with Crippen LogP contribution >= 0.6 is 0 Å². The number of fused-ring (bicyclic) bond motifs is 1. The third-order valence-electron chi connectivity index (χ3n) is 5.21. The summed E-state index contributed by atoms with van der Waals surface area (Å²) in [7, 11) is 0. The van der Waals surface area contributed by atoms with E-state index in [0.717, 1.165) is 33.3 Å². The molecular formula is C26H26N2O3. The lowest BCUT2D eigenvalue weighted by Gasteiger charge is -2.16. The van der Waals surface area contributed by atoms with Gasteiger partial charge in [0.1, 0.15) is 18.5 Å². The monoisotopic (exact) mass is 414 g/mol. The van der Waals surface area contributed by atoms with E-state index in [4.69, 9.17) is 4.74 Å². The summed E-state index contributed by atoms with van der Waals surface area (Å²) in [6, 6.07) is 21.4. The van der Waals surface area contributed by atoms with Crippen LogP contribution in [0.15, 0.2) is 71.5 Å². The van der Waals surface area contributed by atoms with Gasteiger partial charge in [-0.15, -0.1) is 0 Å². The van der Waals surface area contributed by atoms with Crippen LogP contribution in [0.25, 0.3) is 22.0 Å². The van der Waals surface area contributed by atoms with Crippen LogP contribution in [0.1, 0.15) is 16.7 Å². The Hall–Kier alpha value is -3.44. The topological polar surface area (TPSA) is 64.3 Å². The van der Waals surface area contributed by atoms with Gasteiger partial charge in [0.2, 0.25) is 0 Å². The van der Waals surface area contributed by atoms with Crippen molar-refractivity contribution in [2.24, 2.45) is 0 Å². The smallest absolute Gasteiger partial charge is 0.274 e. The molecule has 0 aliphatic rings. The lowest BCUT2D eigenvalue weighted by Crippen LogP contribution is -2.32. The van der Waals surface area contributed by atoms with Gasteiger partial charge < -0.3 is 9.84 Å². The molecule has 0 spiro atoms. The molecule has 1 atom stereocenters. The van der Waals surface area contributed by atoms with Gasteiger partial charge in [-0.3, -0.25) is 4.79 Å². The maximum atomic E-state index is 13.0. The number of ether oxygens (including phenoxy) is 1. The fourth-order valence-corrected chi connectivity index (χ4v) is 3.74. The molecule has 0 saturated heterocycles. The highest BCUT2D eigenvalue weighted by Crippen LogP contribution is 2.25. The summed E-state index contributed by atoms with van der Waals surface area (Å²) in [5, 5.41) is 16.6. The molecule has 0 aliphatic carbocycles. The zero-order chi connectivity index (χ0) is 22.0. The summed E-state index contributed by atoms with van der Waals surface area (Å²) < 4.78 is 7.10. The van der Waals surface area contributed by atoms with Crippen molar-refractivity contribution >= 4 is 10.8 Å². The van der Waals surface area contributed by atoms with Gasteiger partial charge >= 0.3 is 0 Å². The van der Waals surface area contributed by atoms with E-state index in [9.17, 15) is 9.90 Å². The molecular weight excluding hydrogens is 388 g/mol. The second kappa shape index (κ2) is 8.74. The number of aromatic nitrogens is 2. The molecule has 158 valence electrons. The molecule has 1 N–H and O–H groups in total. The summed E-state index contributed by atoms with van der Waals surface area (Å²) in [5.41, 5.74) is 4.77. The summed E-state index contributed by atoms with van der Waals surface area (Å²) in [5.74, 6) is 0.704. The van der Waals surface area contributed by atoms with E-state index < -0.39 is 6.10 Å². The van der Waals surface area contributed by atoms with Gasteiger partial charge in [-0.2, -0.15) is 5.10 Å². The van der Waals surface area contributed by atoms with Crippen LogP contribution < -0.4 is 10.3 Å². The second-order valence-corrected chi connectivity index (χ2v) is 8.04. The standard InChI is InChI=1S/C26H26N2O3/c1-17-8-10-20(11-9-17)25-23-6-4-5-7-24(23)26(30)28(27-25)15-21(29)16-31-22-13-18(2)12-19(3)14-22/h4-14,21,29H,15-16H2,1-3H3. The van der Waals surface area contributed by atoms with E-state index in [1.54, 1.807) is 6.07 Å². The van der Waals surface area contributed by atoms with Crippen molar-refractivity contribution in [2.45, 2.75) is 33.4 Å². The van der Waals surface area contributed by atoms with Crippen molar-refractivity contribution in [3.63, 3.8) is 0 Å². The number of aliphatic hydroxyl groups is 1. The molecule has 5 heteroatoms. The normalized spacial score (nSPS) is 12.1. The number of benzene rings is 3. The minimum absolute atomic E-state index is 0.0489. The van der Waals surface area contributed by atoms with Gasteiger partial charge in [-0.25, -0.2) is 4.68 Å². The molecule has 0 saturated carbocycles. The fraction of sp³-hybridized carbons (Fsp3) is 0.231. The maximum absolute atomic E-state index is 13.0. The van der Waals surface area contributed by atoms with E-state index in [0.29, 0.717) is 11.1 Å². The fourth-order valence-electron chi connectivity index (χ4n) is 3.74. The largest absolute Gasteiger partial charge is 0.491 e. The summed E-state index contributed by atoms with van der Waals surface area (Å²) >= 11 is 0. The van der Waals surface area contributed by atoms with E-state index in [1.807, 2.05) is 75.4 Å². The Morgan fingerprint density at radius 1 is 0.903 bits per heavy atom.